The lowest BCUT2D eigenvalue weighted by molar-refractivity contribution is 0.0729. The van der Waals surface area contributed by atoms with E-state index in [0.29, 0.717) is 18.2 Å². The number of anilines is 1. The van der Waals surface area contributed by atoms with Crippen LogP contribution in [0.25, 0.3) is 11.3 Å². The number of rotatable bonds is 4. The summed E-state index contributed by atoms with van der Waals surface area (Å²) in [6.07, 6.45) is 5.21. The molecule has 0 aromatic carbocycles. The Kier molecular flexibility index (Phi) is 6.63. The minimum absolute atomic E-state index is 0.190. The SMILES string of the molecule is CCOC(=O)N1CCC(N2CCN(c3ncccc3-c3ccc(C#N)cn3)CC2)CC1. The molecule has 0 aliphatic carbocycles. The monoisotopic (exact) mass is 420 g/mol. The van der Waals surface area contributed by atoms with Crippen molar-refractivity contribution in [1.82, 2.24) is 19.8 Å². The molecular formula is C23H28N6O2. The van der Waals surface area contributed by atoms with Gasteiger partial charge in [0.05, 0.1) is 17.9 Å². The highest BCUT2D eigenvalue weighted by Gasteiger charge is 2.30. The first-order chi connectivity index (χ1) is 15.2. The van der Waals surface area contributed by atoms with Crippen LogP contribution in [0.15, 0.2) is 36.7 Å². The molecule has 2 aromatic rings. The van der Waals surface area contributed by atoms with E-state index in [-0.39, 0.29) is 6.09 Å². The highest BCUT2D eigenvalue weighted by Crippen LogP contribution is 2.29. The van der Waals surface area contributed by atoms with Gasteiger partial charge in [0.25, 0.3) is 0 Å². The van der Waals surface area contributed by atoms with Crippen LogP contribution in [-0.2, 0) is 4.74 Å². The molecule has 2 aromatic heterocycles. The summed E-state index contributed by atoms with van der Waals surface area (Å²) in [5.41, 5.74) is 2.37. The van der Waals surface area contributed by atoms with E-state index in [9.17, 15) is 4.79 Å². The van der Waals surface area contributed by atoms with Crippen molar-refractivity contribution in [2.45, 2.75) is 25.8 Å². The zero-order valence-corrected chi connectivity index (χ0v) is 17.9. The topological polar surface area (TPSA) is 85.6 Å². The molecular weight excluding hydrogens is 392 g/mol. The second-order valence-electron chi connectivity index (χ2n) is 7.86. The van der Waals surface area contributed by atoms with Gasteiger partial charge in [-0.1, -0.05) is 0 Å². The third-order valence-corrected chi connectivity index (χ3v) is 6.08. The van der Waals surface area contributed by atoms with Crippen molar-refractivity contribution in [3.05, 3.63) is 42.2 Å². The van der Waals surface area contributed by atoms with E-state index in [2.05, 4.69) is 25.8 Å². The van der Waals surface area contributed by atoms with Crippen LogP contribution in [0.2, 0.25) is 0 Å². The Balaban J connectivity index is 1.37. The minimum atomic E-state index is -0.190. The van der Waals surface area contributed by atoms with Gasteiger partial charge >= 0.3 is 6.09 Å². The van der Waals surface area contributed by atoms with Gasteiger partial charge in [0.1, 0.15) is 11.9 Å². The van der Waals surface area contributed by atoms with Crippen molar-refractivity contribution < 1.29 is 9.53 Å². The highest BCUT2D eigenvalue weighted by atomic mass is 16.6. The van der Waals surface area contributed by atoms with Gasteiger partial charge in [-0.05, 0) is 44.0 Å². The van der Waals surface area contributed by atoms with Crippen molar-refractivity contribution >= 4 is 11.9 Å². The maximum absolute atomic E-state index is 11.9. The van der Waals surface area contributed by atoms with Crippen LogP contribution in [0.1, 0.15) is 25.3 Å². The number of piperidine rings is 1. The molecule has 8 heteroatoms. The number of hydrogen-bond donors (Lipinski definition) is 0. The van der Waals surface area contributed by atoms with E-state index in [1.165, 1.54) is 0 Å². The lowest BCUT2D eigenvalue weighted by Crippen LogP contribution is -2.54. The summed E-state index contributed by atoms with van der Waals surface area (Å²) in [4.78, 5) is 27.7. The number of ether oxygens (including phenoxy) is 1. The van der Waals surface area contributed by atoms with E-state index in [0.717, 1.165) is 69.2 Å². The molecule has 8 nitrogen and oxygen atoms in total. The second kappa shape index (κ2) is 9.75. The summed E-state index contributed by atoms with van der Waals surface area (Å²) in [6.45, 7) is 7.54. The molecule has 1 amide bonds. The maximum atomic E-state index is 11.9. The number of nitriles is 1. The molecule has 2 aliphatic rings. The fraction of sp³-hybridized carbons (Fsp3) is 0.478. The predicted molar refractivity (Wildman–Crippen MR) is 118 cm³/mol. The fourth-order valence-corrected chi connectivity index (χ4v) is 4.40. The molecule has 162 valence electrons. The molecule has 2 saturated heterocycles. The number of carbonyl (C=O) groups excluding carboxylic acids is 1. The van der Waals surface area contributed by atoms with Gasteiger partial charge < -0.3 is 14.5 Å². The van der Waals surface area contributed by atoms with Crippen LogP contribution in [-0.4, -0.2) is 77.8 Å². The molecule has 31 heavy (non-hydrogen) atoms. The molecule has 4 heterocycles. The van der Waals surface area contributed by atoms with Crippen molar-refractivity contribution in [1.29, 1.82) is 5.26 Å². The smallest absolute Gasteiger partial charge is 0.409 e. The quantitative estimate of drug-likeness (QED) is 0.752. The average molecular weight is 421 g/mol. The van der Waals surface area contributed by atoms with E-state index in [4.69, 9.17) is 10.00 Å². The number of aromatic nitrogens is 2. The minimum Gasteiger partial charge on any atom is -0.450 e. The Hall–Kier alpha value is -3.18. The first-order valence-corrected chi connectivity index (χ1v) is 10.9. The first kappa shape index (κ1) is 21.1. The second-order valence-corrected chi connectivity index (χ2v) is 7.86. The molecule has 2 fully saturated rings. The van der Waals surface area contributed by atoms with Crippen molar-refractivity contribution in [3.8, 4) is 17.3 Å². The maximum Gasteiger partial charge on any atom is 0.409 e. The van der Waals surface area contributed by atoms with Crippen LogP contribution >= 0.6 is 0 Å². The lowest BCUT2D eigenvalue weighted by Gasteiger charge is -2.43. The predicted octanol–water partition coefficient (Wildman–Crippen LogP) is 2.76. The van der Waals surface area contributed by atoms with Gasteiger partial charge in [-0.15, -0.1) is 0 Å². The number of amides is 1. The number of carbonyl (C=O) groups is 1. The summed E-state index contributed by atoms with van der Waals surface area (Å²) < 4.78 is 5.12. The number of nitrogens with zero attached hydrogens (tertiary/aromatic N) is 6. The van der Waals surface area contributed by atoms with Gasteiger partial charge in [-0.25, -0.2) is 9.78 Å². The summed E-state index contributed by atoms with van der Waals surface area (Å²) in [7, 11) is 0. The van der Waals surface area contributed by atoms with E-state index in [1.54, 1.807) is 12.3 Å². The standard InChI is InChI=1S/C23H28N6O2/c1-2-31-23(30)29-10-7-19(8-11-29)27-12-14-28(15-13-27)22-20(4-3-9-25-22)21-6-5-18(16-24)17-26-21/h3-6,9,17,19H,2,7-8,10-15H2,1H3. The Morgan fingerprint density at radius 2 is 1.90 bits per heavy atom. The fourth-order valence-electron chi connectivity index (χ4n) is 4.40. The number of likely N-dealkylation sites (tertiary alicyclic amines) is 1. The molecule has 0 atom stereocenters. The number of pyridine rings is 2. The van der Waals surface area contributed by atoms with Crippen LogP contribution in [0.5, 0.6) is 0 Å². The molecule has 0 bridgehead atoms. The van der Waals surface area contributed by atoms with Gasteiger partial charge in [0.15, 0.2) is 0 Å². The largest absolute Gasteiger partial charge is 0.450 e. The molecule has 0 N–H and O–H groups in total. The van der Waals surface area contributed by atoms with Gasteiger partial charge in [0.2, 0.25) is 0 Å². The van der Waals surface area contributed by atoms with E-state index in [1.807, 2.05) is 36.2 Å². The van der Waals surface area contributed by atoms with Crippen LogP contribution in [0, 0.1) is 11.3 Å². The molecule has 0 spiro atoms. The zero-order valence-electron chi connectivity index (χ0n) is 17.9. The van der Waals surface area contributed by atoms with E-state index < -0.39 is 0 Å². The van der Waals surface area contributed by atoms with E-state index >= 15 is 0 Å². The van der Waals surface area contributed by atoms with Crippen LogP contribution in [0.3, 0.4) is 0 Å². The Morgan fingerprint density at radius 3 is 2.55 bits per heavy atom. The Labute approximate surface area is 183 Å². The first-order valence-electron chi connectivity index (χ1n) is 10.9. The average Bonchev–Trinajstić information content (AvgIpc) is 2.84. The van der Waals surface area contributed by atoms with Crippen LogP contribution < -0.4 is 4.90 Å². The summed E-state index contributed by atoms with van der Waals surface area (Å²) in [6, 6.07) is 10.3. The summed E-state index contributed by atoms with van der Waals surface area (Å²) >= 11 is 0. The highest BCUT2D eigenvalue weighted by molar-refractivity contribution is 5.73. The molecule has 0 saturated carbocycles. The molecule has 4 rings (SSSR count). The molecule has 2 aliphatic heterocycles. The third-order valence-electron chi connectivity index (χ3n) is 6.08. The lowest BCUT2D eigenvalue weighted by atomic mass is 10.0. The van der Waals surface area contributed by atoms with Gasteiger partial charge in [-0.2, -0.15) is 5.26 Å². The third kappa shape index (κ3) is 4.78. The van der Waals surface area contributed by atoms with Gasteiger partial charge in [0, 0.05) is 63.3 Å². The summed E-state index contributed by atoms with van der Waals surface area (Å²) in [5, 5.41) is 9.01. The van der Waals surface area contributed by atoms with Gasteiger partial charge in [-0.3, -0.25) is 9.88 Å². The molecule has 0 unspecified atom stereocenters. The van der Waals surface area contributed by atoms with Crippen molar-refractivity contribution in [2.24, 2.45) is 0 Å². The zero-order chi connectivity index (χ0) is 21.6. The molecule has 0 radical (unpaired) electrons. The summed E-state index contributed by atoms with van der Waals surface area (Å²) in [5.74, 6) is 0.941. The number of piperazine rings is 1. The Bertz CT molecular complexity index is 926. The Morgan fingerprint density at radius 1 is 1.13 bits per heavy atom. The normalized spacial score (nSPS) is 17.9. The number of hydrogen-bond acceptors (Lipinski definition) is 7. The van der Waals surface area contributed by atoms with Crippen molar-refractivity contribution in [3.63, 3.8) is 0 Å². The van der Waals surface area contributed by atoms with Crippen LogP contribution in [0.4, 0.5) is 10.6 Å². The van der Waals surface area contributed by atoms with Crippen molar-refractivity contribution in [2.75, 3.05) is 50.8 Å².